The number of hydrogen-bond acceptors (Lipinski definition) is 5. The number of aliphatic carboxylic acids is 1. The van der Waals surface area contributed by atoms with Gasteiger partial charge in [0.2, 0.25) is 0 Å². The zero-order valence-corrected chi connectivity index (χ0v) is 14.1. The van der Waals surface area contributed by atoms with Gasteiger partial charge in [-0.1, -0.05) is 24.6 Å². The van der Waals surface area contributed by atoms with Crippen LogP contribution in [0.1, 0.15) is 34.8 Å². The fraction of sp³-hybridized carbons (Fsp3) is 0.211. The van der Waals surface area contributed by atoms with Crippen LogP contribution in [0.5, 0.6) is 5.75 Å². The number of rotatable bonds is 7. The average molecular weight is 339 g/mol. The number of aryl methyl sites for hydroxylation is 1. The van der Waals surface area contributed by atoms with Crippen LogP contribution >= 0.6 is 0 Å². The summed E-state index contributed by atoms with van der Waals surface area (Å²) in [7, 11) is 0. The lowest BCUT2D eigenvalue weighted by molar-refractivity contribution is -0.307. The summed E-state index contributed by atoms with van der Waals surface area (Å²) in [6.07, 6.45) is 0.618. The summed E-state index contributed by atoms with van der Waals surface area (Å²) < 4.78 is 5.03. The molecule has 0 fully saturated rings. The number of hydrazone groups is 1. The number of carbonyl (C=O) groups excluding carboxylic acids is 2. The Bertz CT molecular complexity index is 765. The summed E-state index contributed by atoms with van der Waals surface area (Å²) in [4.78, 5) is 22.5. The summed E-state index contributed by atoms with van der Waals surface area (Å²) >= 11 is 0. The lowest BCUT2D eigenvalue weighted by Gasteiger charge is -2.09. The van der Waals surface area contributed by atoms with Crippen molar-refractivity contribution < 1.29 is 19.4 Å². The van der Waals surface area contributed by atoms with Crippen LogP contribution in [-0.4, -0.2) is 24.2 Å². The molecule has 0 aliphatic carbocycles. The number of nitrogens with one attached hydrogen (secondary N) is 1. The van der Waals surface area contributed by atoms with Gasteiger partial charge >= 0.3 is 0 Å². The molecule has 0 heterocycles. The highest BCUT2D eigenvalue weighted by atomic mass is 16.5. The molecule has 2 rings (SSSR count). The van der Waals surface area contributed by atoms with Gasteiger partial charge in [-0.15, -0.1) is 0 Å². The highest BCUT2D eigenvalue weighted by molar-refractivity contribution is 6.02. The first-order chi connectivity index (χ1) is 12.0. The van der Waals surface area contributed by atoms with Crippen molar-refractivity contribution in [3.63, 3.8) is 0 Å². The lowest BCUT2D eigenvalue weighted by Crippen LogP contribution is -2.28. The molecule has 0 spiro atoms. The minimum atomic E-state index is -1.28. The molecule has 6 nitrogen and oxygen atoms in total. The lowest BCUT2D eigenvalue weighted by atomic mass is 10.1. The van der Waals surface area contributed by atoms with E-state index < -0.39 is 12.6 Å². The van der Waals surface area contributed by atoms with Gasteiger partial charge < -0.3 is 14.6 Å². The topological polar surface area (TPSA) is 90.8 Å². The van der Waals surface area contributed by atoms with E-state index in [4.69, 9.17) is 4.74 Å². The molecular formula is C19H19N2O4-. The predicted octanol–water partition coefficient (Wildman–Crippen LogP) is 1.67. The Kier molecular flexibility index (Phi) is 6.28. The molecule has 0 aliphatic rings. The summed E-state index contributed by atoms with van der Waals surface area (Å²) in [6, 6.07) is 14.0. The number of carboxylic acid groups (broad SMARTS) is 1. The van der Waals surface area contributed by atoms with Crippen molar-refractivity contribution in [1.82, 2.24) is 5.43 Å². The minimum absolute atomic E-state index is 0.278. The van der Waals surface area contributed by atoms with Gasteiger partial charge in [-0.3, -0.25) is 4.79 Å². The maximum absolute atomic E-state index is 12.1. The largest absolute Gasteiger partial charge is 0.546 e. The molecule has 1 amide bonds. The van der Waals surface area contributed by atoms with Crippen molar-refractivity contribution in [3.05, 3.63) is 65.2 Å². The number of ether oxygens (including phenoxy) is 1. The van der Waals surface area contributed by atoms with E-state index in [1.807, 2.05) is 26.0 Å². The Hall–Kier alpha value is -3.15. The smallest absolute Gasteiger partial charge is 0.271 e. The van der Waals surface area contributed by atoms with Crippen molar-refractivity contribution in [2.45, 2.75) is 20.3 Å². The van der Waals surface area contributed by atoms with Crippen LogP contribution in [0.3, 0.4) is 0 Å². The molecule has 0 saturated heterocycles. The van der Waals surface area contributed by atoms with Gasteiger partial charge in [-0.25, -0.2) is 5.43 Å². The first-order valence-electron chi connectivity index (χ1n) is 7.86. The molecule has 0 unspecified atom stereocenters. The van der Waals surface area contributed by atoms with Crippen LogP contribution in [-0.2, 0) is 4.79 Å². The first-order valence-corrected chi connectivity index (χ1v) is 7.86. The van der Waals surface area contributed by atoms with Gasteiger partial charge in [0.1, 0.15) is 12.4 Å². The Balaban J connectivity index is 2.05. The Morgan fingerprint density at radius 1 is 1.04 bits per heavy atom. The average Bonchev–Trinajstić information content (AvgIpc) is 2.61. The van der Waals surface area contributed by atoms with Gasteiger partial charge in [0, 0.05) is 5.56 Å². The van der Waals surface area contributed by atoms with Gasteiger partial charge in [0.15, 0.2) is 0 Å². The molecule has 6 heteroatoms. The molecule has 25 heavy (non-hydrogen) atoms. The fourth-order valence-corrected chi connectivity index (χ4v) is 2.12. The normalized spacial score (nSPS) is 11.0. The van der Waals surface area contributed by atoms with Gasteiger partial charge in [0.25, 0.3) is 5.91 Å². The molecule has 2 aromatic rings. The SMILES string of the molecule is CC/C(=N/NC(=O)c1ccc(C)cc1)c1ccc(OCC(=O)[O-])cc1. The van der Waals surface area contributed by atoms with E-state index in [9.17, 15) is 14.7 Å². The Morgan fingerprint density at radius 2 is 1.64 bits per heavy atom. The van der Waals surface area contributed by atoms with Gasteiger partial charge in [0.05, 0.1) is 11.7 Å². The maximum atomic E-state index is 12.1. The van der Waals surface area contributed by atoms with E-state index in [-0.39, 0.29) is 5.91 Å². The zero-order chi connectivity index (χ0) is 18.2. The van der Waals surface area contributed by atoms with E-state index in [0.29, 0.717) is 23.4 Å². The van der Waals surface area contributed by atoms with Crippen molar-refractivity contribution in [1.29, 1.82) is 0 Å². The molecule has 0 radical (unpaired) electrons. The van der Waals surface area contributed by atoms with E-state index in [2.05, 4.69) is 10.5 Å². The third-order valence-electron chi connectivity index (χ3n) is 3.49. The molecule has 0 aromatic heterocycles. The monoisotopic (exact) mass is 339 g/mol. The van der Waals surface area contributed by atoms with Crippen LogP contribution in [0.2, 0.25) is 0 Å². The van der Waals surface area contributed by atoms with Crippen molar-refractivity contribution >= 4 is 17.6 Å². The van der Waals surface area contributed by atoms with Crippen molar-refractivity contribution in [2.75, 3.05) is 6.61 Å². The molecular weight excluding hydrogens is 320 g/mol. The van der Waals surface area contributed by atoms with Gasteiger partial charge in [-0.05, 0) is 55.3 Å². The maximum Gasteiger partial charge on any atom is 0.271 e. The molecule has 0 bridgehead atoms. The molecule has 130 valence electrons. The number of amides is 1. The number of benzene rings is 2. The zero-order valence-electron chi connectivity index (χ0n) is 14.1. The number of carboxylic acids is 1. The Morgan fingerprint density at radius 3 is 2.20 bits per heavy atom. The fourth-order valence-electron chi connectivity index (χ4n) is 2.12. The second-order valence-electron chi connectivity index (χ2n) is 5.40. The van der Waals surface area contributed by atoms with Crippen LogP contribution in [0.4, 0.5) is 0 Å². The number of hydrogen-bond donors (Lipinski definition) is 1. The van der Waals surface area contributed by atoms with E-state index in [1.54, 1.807) is 36.4 Å². The third-order valence-corrected chi connectivity index (χ3v) is 3.49. The summed E-state index contributed by atoms with van der Waals surface area (Å²) in [6.45, 7) is 3.38. The van der Waals surface area contributed by atoms with Crippen molar-refractivity contribution in [3.8, 4) is 5.75 Å². The van der Waals surface area contributed by atoms with E-state index in [1.165, 1.54) is 0 Å². The van der Waals surface area contributed by atoms with Crippen LogP contribution in [0, 0.1) is 6.92 Å². The quantitative estimate of drug-likeness (QED) is 0.613. The third kappa shape index (κ3) is 5.46. The second kappa shape index (κ2) is 8.63. The van der Waals surface area contributed by atoms with Crippen LogP contribution in [0.15, 0.2) is 53.6 Å². The summed E-state index contributed by atoms with van der Waals surface area (Å²) in [5, 5.41) is 14.6. The summed E-state index contributed by atoms with van der Waals surface area (Å²) in [5.41, 5.74) is 5.68. The minimum Gasteiger partial charge on any atom is -0.546 e. The molecule has 1 N–H and O–H groups in total. The standard InChI is InChI=1S/C19H20N2O4/c1-3-17(14-8-10-16(11-9-14)25-12-18(22)23)20-21-19(24)15-6-4-13(2)5-7-15/h4-11H,3,12H2,1-2H3,(H,21,24)(H,22,23)/p-1/b20-17-. The van der Waals surface area contributed by atoms with Crippen LogP contribution in [0.25, 0.3) is 0 Å². The second-order valence-corrected chi connectivity index (χ2v) is 5.40. The van der Waals surface area contributed by atoms with Gasteiger partial charge in [-0.2, -0.15) is 5.10 Å². The molecule has 0 aliphatic heterocycles. The molecule has 0 atom stereocenters. The van der Waals surface area contributed by atoms with Crippen LogP contribution < -0.4 is 15.3 Å². The molecule has 0 saturated carbocycles. The highest BCUT2D eigenvalue weighted by Gasteiger charge is 2.06. The predicted molar refractivity (Wildman–Crippen MR) is 92.4 cm³/mol. The molecule has 2 aromatic carbocycles. The first kappa shape index (κ1) is 18.2. The van der Waals surface area contributed by atoms with E-state index >= 15 is 0 Å². The number of carbonyl (C=O) groups is 2. The van der Waals surface area contributed by atoms with Crippen molar-refractivity contribution in [2.24, 2.45) is 5.10 Å². The number of nitrogens with zero attached hydrogens (tertiary/aromatic N) is 1. The van der Waals surface area contributed by atoms with E-state index in [0.717, 1.165) is 11.1 Å². The Labute approximate surface area is 146 Å². The highest BCUT2D eigenvalue weighted by Crippen LogP contribution is 2.14. The summed E-state index contributed by atoms with van der Waals surface area (Å²) in [5.74, 6) is -1.13.